The van der Waals surface area contributed by atoms with Crippen molar-refractivity contribution in [2.24, 2.45) is 0 Å². The minimum Gasteiger partial charge on any atom is -0.398 e. The molecule has 3 aromatic rings. The molecule has 3 heteroatoms. The first kappa shape index (κ1) is 12.6. The lowest BCUT2D eigenvalue weighted by Gasteiger charge is -2.13. The van der Waals surface area contributed by atoms with E-state index in [9.17, 15) is 4.39 Å². The van der Waals surface area contributed by atoms with Crippen LogP contribution < -0.4 is 5.73 Å². The number of nitrogens with zero attached hydrogens (tertiary/aromatic N) is 1. The molecule has 20 heavy (non-hydrogen) atoms. The van der Waals surface area contributed by atoms with Crippen molar-refractivity contribution in [3.05, 3.63) is 59.4 Å². The van der Waals surface area contributed by atoms with E-state index in [4.69, 9.17) is 5.73 Å². The maximum absolute atomic E-state index is 14.0. The molecule has 0 unspecified atom stereocenters. The van der Waals surface area contributed by atoms with Crippen molar-refractivity contribution in [3.63, 3.8) is 0 Å². The number of aromatic nitrogens is 1. The fraction of sp³-hybridized carbons (Fsp3) is 0.118. The van der Waals surface area contributed by atoms with Gasteiger partial charge in [0.15, 0.2) is 0 Å². The van der Waals surface area contributed by atoms with Crippen molar-refractivity contribution < 1.29 is 4.39 Å². The first-order valence-electron chi connectivity index (χ1n) is 6.50. The average Bonchev–Trinajstić information content (AvgIpc) is 2.47. The highest BCUT2D eigenvalue weighted by Gasteiger charge is 2.15. The first-order valence-corrected chi connectivity index (χ1v) is 6.50. The molecule has 0 saturated heterocycles. The number of hydrogen-bond acceptors (Lipinski definition) is 2. The number of halogens is 1. The van der Waals surface area contributed by atoms with Gasteiger partial charge in [-0.05, 0) is 31.0 Å². The van der Waals surface area contributed by atoms with Gasteiger partial charge in [-0.3, -0.25) is 0 Å². The maximum Gasteiger partial charge on any atom is 0.134 e. The van der Waals surface area contributed by atoms with Crippen LogP contribution in [0.1, 0.15) is 11.1 Å². The third kappa shape index (κ3) is 1.83. The molecular formula is C17H15FN2. The van der Waals surface area contributed by atoms with Crippen LogP contribution in [0.25, 0.3) is 22.2 Å². The number of rotatable bonds is 1. The molecule has 1 aromatic heterocycles. The summed E-state index contributed by atoms with van der Waals surface area (Å²) in [6.45, 7) is 3.80. The number of hydrogen-bond donors (Lipinski definition) is 1. The molecule has 0 bridgehead atoms. The van der Waals surface area contributed by atoms with Gasteiger partial charge in [0.2, 0.25) is 0 Å². The zero-order chi connectivity index (χ0) is 14.3. The van der Waals surface area contributed by atoms with E-state index in [0.29, 0.717) is 16.6 Å². The monoisotopic (exact) mass is 266 g/mol. The third-order valence-corrected chi connectivity index (χ3v) is 3.63. The lowest BCUT2D eigenvalue weighted by Crippen LogP contribution is -2.01. The highest BCUT2D eigenvalue weighted by Crippen LogP contribution is 2.33. The molecular weight excluding hydrogens is 251 g/mol. The minimum atomic E-state index is -0.321. The number of nitrogens with two attached hydrogens (primary N) is 1. The first-order chi connectivity index (χ1) is 9.59. The minimum absolute atomic E-state index is 0.321. The summed E-state index contributed by atoms with van der Waals surface area (Å²) in [6.07, 6.45) is 0. The molecule has 0 saturated carbocycles. The van der Waals surface area contributed by atoms with Crippen LogP contribution in [0.4, 0.5) is 10.1 Å². The summed E-state index contributed by atoms with van der Waals surface area (Å²) in [6, 6.07) is 13.0. The van der Waals surface area contributed by atoms with E-state index in [1.807, 2.05) is 44.2 Å². The fourth-order valence-corrected chi connectivity index (χ4v) is 2.46. The molecule has 0 aliphatic carbocycles. The normalized spacial score (nSPS) is 10.9. The molecule has 2 aromatic carbocycles. The highest BCUT2D eigenvalue weighted by molar-refractivity contribution is 5.97. The summed E-state index contributed by atoms with van der Waals surface area (Å²) in [5.74, 6) is -0.321. The van der Waals surface area contributed by atoms with Gasteiger partial charge in [0, 0.05) is 11.3 Å². The molecule has 0 spiro atoms. The van der Waals surface area contributed by atoms with Crippen molar-refractivity contribution in [2.75, 3.05) is 5.73 Å². The molecule has 2 N–H and O–H groups in total. The van der Waals surface area contributed by atoms with Crippen molar-refractivity contribution in [2.45, 2.75) is 13.8 Å². The summed E-state index contributed by atoms with van der Waals surface area (Å²) < 4.78 is 14.0. The van der Waals surface area contributed by atoms with E-state index >= 15 is 0 Å². The fourth-order valence-electron chi connectivity index (χ4n) is 2.46. The number of pyridine rings is 1. The number of benzene rings is 2. The predicted molar refractivity (Wildman–Crippen MR) is 81.0 cm³/mol. The summed E-state index contributed by atoms with van der Waals surface area (Å²) in [4.78, 5) is 4.65. The van der Waals surface area contributed by atoms with E-state index in [0.717, 1.165) is 22.4 Å². The van der Waals surface area contributed by atoms with Gasteiger partial charge < -0.3 is 5.73 Å². The molecule has 3 rings (SSSR count). The maximum atomic E-state index is 14.0. The van der Waals surface area contributed by atoms with Crippen molar-refractivity contribution in [3.8, 4) is 11.3 Å². The molecule has 100 valence electrons. The molecule has 0 aliphatic rings. The summed E-state index contributed by atoms with van der Waals surface area (Å²) in [5.41, 5.74) is 10.8. The summed E-state index contributed by atoms with van der Waals surface area (Å²) in [5, 5.41) is 0.419. The zero-order valence-corrected chi connectivity index (χ0v) is 11.4. The molecule has 0 fully saturated rings. The van der Waals surface area contributed by atoms with Gasteiger partial charge in [-0.15, -0.1) is 0 Å². The number of fused-ring (bicyclic) bond motifs is 1. The molecule has 0 radical (unpaired) electrons. The largest absolute Gasteiger partial charge is 0.398 e. The van der Waals surface area contributed by atoms with E-state index in [2.05, 4.69) is 4.98 Å². The Kier molecular flexibility index (Phi) is 2.90. The van der Waals surface area contributed by atoms with E-state index in [1.165, 1.54) is 6.07 Å². The summed E-state index contributed by atoms with van der Waals surface area (Å²) in [7, 11) is 0. The SMILES string of the molecule is Cc1c(-c2ccccc2)nc2c(C)ccc(F)c2c1N. The molecule has 0 aliphatic heterocycles. The highest BCUT2D eigenvalue weighted by atomic mass is 19.1. The van der Waals surface area contributed by atoms with Crippen LogP contribution in [0.3, 0.4) is 0 Å². The second kappa shape index (κ2) is 4.60. The van der Waals surface area contributed by atoms with Crippen LogP contribution in [0.15, 0.2) is 42.5 Å². The lowest BCUT2D eigenvalue weighted by molar-refractivity contribution is 0.639. The zero-order valence-electron chi connectivity index (χ0n) is 11.4. The Balaban J connectivity index is 2.42. The summed E-state index contributed by atoms with van der Waals surface area (Å²) >= 11 is 0. The Morgan fingerprint density at radius 2 is 1.70 bits per heavy atom. The Bertz CT molecular complexity index is 795. The van der Waals surface area contributed by atoms with Gasteiger partial charge >= 0.3 is 0 Å². The molecule has 1 heterocycles. The molecule has 0 amide bonds. The molecule has 2 nitrogen and oxygen atoms in total. The standard InChI is InChI=1S/C17H15FN2/c1-10-8-9-13(18)14-15(19)11(2)17(20-16(10)14)12-6-4-3-5-7-12/h3-9H,1-2H3,(H2,19,20). The number of nitrogen functional groups attached to an aromatic ring is 1. The van der Waals surface area contributed by atoms with Gasteiger partial charge in [0.1, 0.15) is 5.82 Å². The Labute approximate surface area is 117 Å². The Morgan fingerprint density at radius 1 is 1.00 bits per heavy atom. The van der Waals surface area contributed by atoms with Gasteiger partial charge in [-0.2, -0.15) is 0 Å². The smallest absolute Gasteiger partial charge is 0.134 e. The lowest BCUT2D eigenvalue weighted by atomic mass is 10.0. The van der Waals surface area contributed by atoms with Crippen LogP contribution in [-0.4, -0.2) is 4.98 Å². The van der Waals surface area contributed by atoms with E-state index in [-0.39, 0.29) is 5.82 Å². The Hall–Kier alpha value is -2.42. The van der Waals surface area contributed by atoms with E-state index < -0.39 is 0 Å². The Morgan fingerprint density at radius 3 is 2.40 bits per heavy atom. The van der Waals surface area contributed by atoms with Crippen molar-refractivity contribution in [1.82, 2.24) is 4.98 Å². The van der Waals surface area contributed by atoms with Crippen LogP contribution >= 0.6 is 0 Å². The van der Waals surface area contributed by atoms with Crippen molar-refractivity contribution >= 4 is 16.6 Å². The van der Waals surface area contributed by atoms with E-state index in [1.54, 1.807) is 6.07 Å². The van der Waals surface area contributed by atoms with Crippen LogP contribution in [0, 0.1) is 19.7 Å². The average molecular weight is 266 g/mol. The topological polar surface area (TPSA) is 38.9 Å². The van der Waals surface area contributed by atoms with Gasteiger partial charge in [-0.25, -0.2) is 9.37 Å². The third-order valence-electron chi connectivity index (χ3n) is 3.63. The van der Waals surface area contributed by atoms with Crippen LogP contribution in [0.5, 0.6) is 0 Å². The van der Waals surface area contributed by atoms with Gasteiger partial charge in [0.05, 0.1) is 16.6 Å². The van der Waals surface area contributed by atoms with Crippen molar-refractivity contribution in [1.29, 1.82) is 0 Å². The second-order valence-corrected chi connectivity index (χ2v) is 4.95. The quantitative estimate of drug-likeness (QED) is 0.715. The number of aryl methyl sites for hydroxylation is 1. The predicted octanol–water partition coefficient (Wildman–Crippen LogP) is 4.24. The second-order valence-electron chi connectivity index (χ2n) is 4.95. The van der Waals surface area contributed by atoms with Crippen LogP contribution in [-0.2, 0) is 0 Å². The van der Waals surface area contributed by atoms with Gasteiger partial charge in [0.25, 0.3) is 0 Å². The molecule has 0 atom stereocenters. The van der Waals surface area contributed by atoms with Gasteiger partial charge in [-0.1, -0.05) is 36.4 Å². The number of anilines is 1. The van der Waals surface area contributed by atoms with Crippen LogP contribution in [0.2, 0.25) is 0 Å².